The first-order valence-corrected chi connectivity index (χ1v) is 8.05. The number of H-pyrrole nitrogens is 1. The molecule has 1 heterocycles. The van der Waals surface area contributed by atoms with Gasteiger partial charge in [0.1, 0.15) is 12.4 Å². The monoisotopic (exact) mass is 317 g/mol. The molecule has 1 aliphatic rings. The van der Waals surface area contributed by atoms with E-state index in [1.165, 1.54) is 7.11 Å². The number of aromatic nitrogens is 2. The number of ether oxygens (including phenoxy) is 2. The number of hydrogen-bond acceptors (Lipinski definition) is 4. The van der Waals surface area contributed by atoms with Crippen molar-refractivity contribution in [3.63, 3.8) is 0 Å². The first-order chi connectivity index (χ1) is 11.2. The number of amides is 1. The molecule has 2 N–H and O–H groups in total. The zero-order chi connectivity index (χ0) is 16.2. The Morgan fingerprint density at radius 1 is 1.35 bits per heavy atom. The van der Waals surface area contributed by atoms with Crippen molar-refractivity contribution in [2.75, 3.05) is 13.7 Å². The number of benzene rings is 1. The second-order valence-electron chi connectivity index (χ2n) is 6.11. The second-order valence-corrected chi connectivity index (χ2v) is 6.11. The third-order valence-corrected chi connectivity index (χ3v) is 4.45. The van der Waals surface area contributed by atoms with Gasteiger partial charge in [-0.05, 0) is 44.7 Å². The van der Waals surface area contributed by atoms with E-state index in [4.69, 9.17) is 9.47 Å². The molecule has 1 amide bonds. The van der Waals surface area contributed by atoms with Gasteiger partial charge in [-0.3, -0.25) is 9.89 Å². The topological polar surface area (TPSA) is 76.2 Å². The highest BCUT2D eigenvalue weighted by atomic mass is 16.5. The van der Waals surface area contributed by atoms with Crippen molar-refractivity contribution in [3.8, 4) is 5.75 Å². The van der Waals surface area contributed by atoms with E-state index in [-0.39, 0.29) is 24.7 Å². The second kappa shape index (κ2) is 7.00. The molecule has 6 heteroatoms. The average molecular weight is 317 g/mol. The molecule has 0 aliphatic heterocycles. The summed E-state index contributed by atoms with van der Waals surface area (Å²) in [6.45, 7) is 2.18. The van der Waals surface area contributed by atoms with Gasteiger partial charge in [0.2, 0.25) is 5.91 Å². The number of hydrogen-bond donors (Lipinski definition) is 2. The highest BCUT2D eigenvalue weighted by Crippen LogP contribution is 2.29. The SMILES string of the molecule is COCC(=O)NC1CCC(Oc2ccc3[nH]ncc3c2C)CC1. The molecule has 6 nitrogen and oxygen atoms in total. The standard InChI is InChI=1S/C17H23N3O3/c1-11-14-9-18-20-15(14)7-8-16(11)23-13-5-3-12(4-6-13)19-17(21)10-22-2/h7-9,12-13H,3-6,10H2,1-2H3,(H,18,20)(H,19,21). The summed E-state index contributed by atoms with van der Waals surface area (Å²) in [7, 11) is 1.53. The number of aryl methyl sites for hydroxylation is 1. The summed E-state index contributed by atoms with van der Waals surface area (Å²) in [5.41, 5.74) is 2.14. The summed E-state index contributed by atoms with van der Waals surface area (Å²) in [5.74, 6) is 0.879. The van der Waals surface area contributed by atoms with Crippen LogP contribution in [0, 0.1) is 6.92 Å². The van der Waals surface area contributed by atoms with Crippen molar-refractivity contribution in [2.24, 2.45) is 0 Å². The lowest BCUT2D eigenvalue weighted by Crippen LogP contribution is -2.41. The zero-order valence-corrected chi connectivity index (χ0v) is 13.6. The number of methoxy groups -OCH3 is 1. The van der Waals surface area contributed by atoms with Crippen LogP contribution in [-0.2, 0) is 9.53 Å². The van der Waals surface area contributed by atoms with E-state index in [1.807, 2.05) is 18.3 Å². The lowest BCUT2D eigenvalue weighted by molar-refractivity contribution is -0.125. The Morgan fingerprint density at radius 3 is 2.87 bits per heavy atom. The van der Waals surface area contributed by atoms with Crippen molar-refractivity contribution < 1.29 is 14.3 Å². The fraction of sp³-hybridized carbons (Fsp3) is 0.529. The molecule has 0 unspecified atom stereocenters. The van der Waals surface area contributed by atoms with E-state index >= 15 is 0 Å². The Labute approximate surface area is 135 Å². The van der Waals surface area contributed by atoms with Gasteiger partial charge in [-0.25, -0.2) is 0 Å². The van der Waals surface area contributed by atoms with Crippen LogP contribution in [0.4, 0.5) is 0 Å². The van der Waals surface area contributed by atoms with E-state index in [1.54, 1.807) is 0 Å². The maximum atomic E-state index is 11.6. The molecule has 0 spiro atoms. The summed E-state index contributed by atoms with van der Waals surface area (Å²) in [4.78, 5) is 11.6. The van der Waals surface area contributed by atoms with Crippen LogP contribution in [0.3, 0.4) is 0 Å². The van der Waals surface area contributed by atoms with Crippen LogP contribution in [-0.4, -0.2) is 42.0 Å². The summed E-state index contributed by atoms with van der Waals surface area (Å²) >= 11 is 0. The molecule has 3 rings (SSSR count). The molecule has 1 aromatic heterocycles. The fourth-order valence-corrected chi connectivity index (χ4v) is 3.17. The van der Waals surface area contributed by atoms with Crippen molar-refractivity contribution in [1.82, 2.24) is 15.5 Å². The molecule has 0 radical (unpaired) electrons. The normalized spacial score (nSPS) is 21.3. The Morgan fingerprint density at radius 2 is 2.13 bits per heavy atom. The predicted molar refractivity (Wildman–Crippen MR) is 87.5 cm³/mol. The quantitative estimate of drug-likeness (QED) is 0.887. The summed E-state index contributed by atoms with van der Waals surface area (Å²) in [6, 6.07) is 4.23. The molecule has 0 atom stereocenters. The first kappa shape index (κ1) is 15.8. The van der Waals surface area contributed by atoms with Crippen LogP contribution in [0.15, 0.2) is 18.3 Å². The van der Waals surface area contributed by atoms with E-state index in [9.17, 15) is 4.79 Å². The number of carbonyl (C=O) groups is 1. The first-order valence-electron chi connectivity index (χ1n) is 8.05. The van der Waals surface area contributed by atoms with Gasteiger partial charge in [-0.1, -0.05) is 0 Å². The molecular weight excluding hydrogens is 294 g/mol. The molecule has 1 aliphatic carbocycles. The molecule has 2 aromatic rings. The Hall–Kier alpha value is -2.08. The third kappa shape index (κ3) is 3.64. The molecule has 1 fully saturated rings. The van der Waals surface area contributed by atoms with Gasteiger partial charge in [0.25, 0.3) is 0 Å². The van der Waals surface area contributed by atoms with E-state index in [0.29, 0.717) is 0 Å². The van der Waals surface area contributed by atoms with Crippen LogP contribution in [0.2, 0.25) is 0 Å². The maximum Gasteiger partial charge on any atom is 0.246 e. The van der Waals surface area contributed by atoms with Gasteiger partial charge >= 0.3 is 0 Å². The fourth-order valence-electron chi connectivity index (χ4n) is 3.17. The number of nitrogens with zero attached hydrogens (tertiary/aromatic N) is 1. The summed E-state index contributed by atoms with van der Waals surface area (Å²) < 4.78 is 11.0. The highest BCUT2D eigenvalue weighted by molar-refractivity contribution is 5.83. The lowest BCUT2D eigenvalue weighted by Gasteiger charge is -2.30. The van der Waals surface area contributed by atoms with Crippen LogP contribution in [0.5, 0.6) is 5.75 Å². The number of rotatable bonds is 5. The molecule has 23 heavy (non-hydrogen) atoms. The van der Waals surface area contributed by atoms with Crippen molar-refractivity contribution >= 4 is 16.8 Å². The Balaban J connectivity index is 1.55. The van der Waals surface area contributed by atoms with Gasteiger partial charge in [0, 0.05) is 24.1 Å². The smallest absolute Gasteiger partial charge is 0.246 e. The van der Waals surface area contributed by atoms with Crippen LogP contribution in [0.25, 0.3) is 10.9 Å². The molecule has 1 saturated carbocycles. The minimum Gasteiger partial charge on any atom is -0.490 e. The van der Waals surface area contributed by atoms with Crippen molar-refractivity contribution in [2.45, 2.75) is 44.8 Å². The van der Waals surface area contributed by atoms with Gasteiger partial charge in [-0.2, -0.15) is 5.10 Å². The third-order valence-electron chi connectivity index (χ3n) is 4.45. The number of nitrogens with one attached hydrogen (secondary N) is 2. The van der Waals surface area contributed by atoms with E-state index in [2.05, 4.69) is 22.4 Å². The lowest BCUT2D eigenvalue weighted by atomic mass is 9.93. The van der Waals surface area contributed by atoms with Crippen molar-refractivity contribution in [3.05, 3.63) is 23.9 Å². The molecule has 0 bridgehead atoms. The van der Waals surface area contributed by atoms with Crippen LogP contribution in [0.1, 0.15) is 31.2 Å². The summed E-state index contributed by atoms with van der Waals surface area (Å²) in [5, 5.41) is 11.1. The van der Waals surface area contributed by atoms with Crippen LogP contribution < -0.4 is 10.1 Å². The number of aromatic amines is 1. The minimum absolute atomic E-state index is 0.0434. The molecule has 1 aromatic carbocycles. The molecule has 0 saturated heterocycles. The van der Waals surface area contributed by atoms with Gasteiger partial charge in [0.05, 0.1) is 17.8 Å². The summed E-state index contributed by atoms with van der Waals surface area (Å²) in [6.07, 6.45) is 5.80. The van der Waals surface area contributed by atoms with Gasteiger partial charge in [0.15, 0.2) is 0 Å². The molecular formula is C17H23N3O3. The minimum atomic E-state index is -0.0434. The van der Waals surface area contributed by atoms with Crippen LogP contribution >= 0.6 is 0 Å². The Bertz CT molecular complexity index is 675. The van der Waals surface area contributed by atoms with Gasteiger partial charge in [-0.15, -0.1) is 0 Å². The molecule has 124 valence electrons. The largest absolute Gasteiger partial charge is 0.490 e. The number of carbonyl (C=O) groups excluding carboxylic acids is 1. The highest BCUT2D eigenvalue weighted by Gasteiger charge is 2.24. The maximum absolute atomic E-state index is 11.6. The van der Waals surface area contributed by atoms with E-state index < -0.39 is 0 Å². The van der Waals surface area contributed by atoms with Gasteiger partial charge < -0.3 is 14.8 Å². The zero-order valence-electron chi connectivity index (χ0n) is 13.6. The number of fused-ring (bicyclic) bond motifs is 1. The van der Waals surface area contributed by atoms with Crippen molar-refractivity contribution in [1.29, 1.82) is 0 Å². The Kier molecular flexibility index (Phi) is 4.81. The predicted octanol–water partition coefficient (Wildman–Crippen LogP) is 2.32. The average Bonchev–Trinajstić information content (AvgIpc) is 3.01. The van der Waals surface area contributed by atoms with E-state index in [0.717, 1.165) is 47.9 Å².